The fourth-order valence-corrected chi connectivity index (χ4v) is 4.60. The Morgan fingerprint density at radius 3 is 2.53 bits per heavy atom. The number of fused-ring (bicyclic) bond motifs is 3. The Bertz CT molecular complexity index is 1430. The minimum atomic E-state index is -0.327. The summed E-state index contributed by atoms with van der Waals surface area (Å²) in [7, 11) is 1.70. The first-order valence-corrected chi connectivity index (χ1v) is 11.0. The van der Waals surface area contributed by atoms with Gasteiger partial charge >= 0.3 is 5.69 Å². The predicted octanol–water partition coefficient (Wildman–Crippen LogP) is 3.30. The summed E-state index contributed by atoms with van der Waals surface area (Å²) in [5.41, 5.74) is 4.96. The van der Waals surface area contributed by atoms with E-state index in [9.17, 15) is 9.59 Å². The molecule has 1 aliphatic rings. The smallest absolute Gasteiger partial charge is 0.312 e. The summed E-state index contributed by atoms with van der Waals surface area (Å²) in [6, 6.07) is 16.2. The van der Waals surface area contributed by atoms with Gasteiger partial charge in [0.2, 0.25) is 5.95 Å². The lowest BCUT2D eigenvalue weighted by Crippen LogP contribution is -2.40. The number of benzene rings is 2. The van der Waals surface area contributed by atoms with E-state index in [1.165, 1.54) is 20.3 Å². The Kier molecular flexibility index (Phi) is 4.96. The van der Waals surface area contributed by atoms with Gasteiger partial charge < -0.3 is 9.47 Å². The third kappa shape index (κ3) is 3.16. The molecule has 0 fully saturated rings. The van der Waals surface area contributed by atoms with Crippen molar-refractivity contribution in [3.63, 3.8) is 0 Å². The van der Waals surface area contributed by atoms with Crippen LogP contribution in [0, 0.1) is 13.8 Å². The number of rotatable bonds is 4. The average Bonchev–Trinajstić information content (AvgIpc) is 3.20. The Balaban J connectivity index is 1.65. The van der Waals surface area contributed by atoms with Gasteiger partial charge in [0.05, 0.1) is 0 Å². The second-order valence-electron chi connectivity index (χ2n) is 8.49. The normalized spacial score (nSPS) is 13.5. The molecule has 0 unspecified atom stereocenters. The maximum atomic E-state index is 13.5. The molecule has 5 rings (SSSR count). The summed E-state index contributed by atoms with van der Waals surface area (Å²) in [6.07, 6.45) is 1.52. The summed E-state index contributed by atoms with van der Waals surface area (Å²) < 4.78 is 4.84. The molecule has 1 aliphatic heterocycles. The molecule has 0 atom stereocenters. The van der Waals surface area contributed by atoms with Gasteiger partial charge in [-0.3, -0.25) is 13.9 Å². The summed E-state index contributed by atoms with van der Waals surface area (Å²) in [6.45, 7) is 6.08. The van der Waals surface area contributed by atoms with Gasteiger partial charge in [-0.25, -0.2) is 4.79 Å². The van der Waals surface area contributed by atoms with Crippen molar-refractivity contribution in [3.8, 4) is 0 Å². The molecule has 164 valence electrons. The molecule has 0 spiro atoms. The van der Waals surface area contributed by atoms with Gasteiger partial charge in [0.25, 0.3) is 5.56 Å². The van der Waals surface area contributed by atoms with Crippen molar-refractivity contribution >= 4 is 22.8 Å². The number of hydrogen-bond donors (Lipinski definition) is 0. The van der Waals surface area contributed by atoms with Crippen LogP contribution in [0.5, 0.6) is 0 Å². The zero-order chi connectivity index (χ0) is 22.4. The second-order valence-corrected chi connectivity index (χ2v) is 8.49. The lowest BCUT2D eigenvalue weighted by Gasteiger charge is -2.30. The number of hydrogen-bond acceptors (Lipinski definition) is 4. The van der Waals surface area contributed by atoms with E-state index in [4.69, 9.17) is 4.98 Å². The van der Waals surface area contributed by atoms with E-state index in [-0.39, 0.29) is 11.2 Å². The molecule has 7 heteroatoms. The summed E-state index contributed by atoms with van der Waals surface area (Å²) >= 11 is 0. The standard InChI is InChI=1S/C25H27N5O2/c1-17-9-7-12-20(18(17)2)28-14-8-15-29-21-22(26-24(28)29)27(3)25(32)30(23(21)31)16-13-19-10-5-4-6-11-19/h4-7,9-12H,8,13-16H2,1-3H3. The van der Waals surface area contributed by atoms with Crippen molar-refractivity contribution < 1.29 is 0 Å². The molecule has 0 aliphatic carbocycles. The van der Waals surface area contributed by atoms with Crippen LogP contribution in [0.1, 0.15) is 23.1 Å². The quantitative estimate of drug-likeness (QED) is 0.499. The molecule has 2 aromatic heterocycles. The van der Waals surface area contributed by atoms with Crippen molar-refractivity contribution in [2.45, 2.75) is 39.8 Å². The zero-order valence-electron chi connectivity index (χ0n) is 18.7. The van der Waals surface area contributed by atoms with Gasteiger partial charge in [0, 0.05) is 32.4 Å². The van der Waals surface area contributed by atoms with Crippen LogP contribution in [0.4, 0.5) is 11.6 Å². The molecule has 0 saturated carbocycles. The summed E-state index contributed by atoms with van der Waals surface area (Å²) in [5, 5.41) is 0. The van der Waals surface area contributed by atoms with Gasteiger partial charge in [-0.1, -0.05) is 42.5 Å². The van der Waals surface area contributed by atoms with E-state index in [1.807, 2.05) is 41.0 Å². The highest BCUT2D eigenvalue weighted by molar-refractivity contribution is 5.77. The van der Waals surface area contributed by atoms with E-state index in [0.29, 0.717) is 30.7 Å². The molecule has 0 N–H and O–H groups in total. The molecule has 0 bridgehead atoms. The number of anilines is 2. The van der Waals surface area contributed by atoms with Crippen LogP contribution in [0.15, 0.2) is 58.1 Å². The first-order chi connectivity index (χ1) is 15.5. The molecule has 3 heterocycles. The van der Waals surface area contributed by atoms with E-state index >= 15 is 0 Å². The molecular formula is C25H27N5O2. The maximum Gasteiger partial charge on any atom is 0.332 e. The van der Waals surface area contributed by atoms with Gasteiger partial charge in [0.1, 0.15) is 0 Å². The highest BCUT2D eigenvalue weighted by Gasteiger charge is 2.27. The van der Waals surface area contributed by atoms with Crippen LogP contribution in [0.2, 0.25) is 0 Å². The van der Waals surface area contributed by atoms with E-state index < -0.39 is 0 Å². The fourth-order valence-electron chi connectivity index (χ4n) is 4.60. The van der Waals surface area contributed by atoms with Gasteiger partial charge in [-0.2, -0.15) is 4.98 Å². The van der Waals surface area contributed by atoms with Crippen LogP contribution >= 0.6 is 0 Å². The maximum absolute atomic E-state index is 13.5. The van der Waals surface area contributed by atoms with E-state index in [1.54, 1.807) is 7.05 Å². The Hall–Kier alpha value is -3.61. The third-order valence-electron chi connectivity index (χ3n) is 6.55. The van der Waals surface area contributed by atoms with Crippen LogP contribution in [0.3, 0.4) is 0 Å². The first kappa shape index (κ1) is 20.3. The molecule has 4 aromatic rings. The fraction of sp³-hybridized carbons (Fsp3) is 0.320. The second kappa shape index (κ2) is 7.82. The van der Waals surface area contributed by atoms with Gasteiger partial charge in [0.15, 0.2) is 11.2 Å². The minimum Gasteiger partial charge on any atom is -0.312 e. The molecule has 0 radical (unpaired) electrons. The Morgan fingerprint density at radius 2 is 1.75 bits per heavy atom. The zero-order valence-corrected chi connectivity index (χ0v) is 18.7. The number of aromatic nitrogens is 4. The molecule has 2 aromatic carbocycles. The van der Waals surface area contributed by atoms with Crippen LogP contribution in [-0.4, -0.2) is 25.2 Å². The monoisotopic (exact) mass is 429 g/mol. The average molecular weight is 430 g/mol. The minimum absolute atomic E-state index is 0.263. The summed E-state index contributed by atoms with van der Waals surface area (Å²) in [5.74, 6) is 0.729. The van der Waals surface area contributed by atoms with Crippen molar-refractivity contribution in [1.29, 1.82) is 0 Å². The van der Waals surface area contributed by atoms with Crippen LogP contribution < -0.4 is 16.1 Å². The lowest BCUT2D eigenvalue weighted by atomic mass is 10.1. The van der Waals surface area contributed by atoms with Crippen molar-refractivity contribution in [2.75, 3.05) is 11.4 Å². The van der Waals surface area contributed by atoms with E-state index in [2.05, 4.69) is 30.9 Å². The number of nitrogens with zero attached hydrogens (tertiary/aromatic N) is 5. The van der Waals surface area contributed by atoms with Crippen LogP contribution in [-0.2, 0) is 26.6 Å². The Labute approximate surface area is 186 Å². The van der Waals surface area contributed by atoms with Gasteiger partial charge in [-0.05, 0) is 49.4 Å². The highest BCUT2D eigenvalue weighted by atomic mass is 16.2. The molecule has 7 nitrogen and oxygen atoms in total. The molecule has 32 heavy (non-hydrogen) atoms. The van der Waals surface area contributed by atoms with Gasteiger partial charge in [-0.15, -0.1) is 0 Å². The van der Waals surface area contributed by atoms with Crippen LogP contribution in [0.25, 0.3) is 11.2 Å². The van der Waals surface area contributed by atoms with E-state index in [0.717, 1.165) is 30.2 Å². The predicted molar refractivity (Wildman–Crippen MR) is 127 cm³/mol. The lowest BCUT2D eigenvalue weighted by molar-refractivity contribution is 0.584. The molecular weight excluding hydrogens is 402 g/mol. The van der Waals surface area contributed by atoms with Crippen molar-refractivity contribution in [3.05, 3.63) is 86.1 Å². The largest absolute Gasteiger partial charge is 0.332 e. The number of imidazole rings is 1. The SMILES string of the molecule is Cc1cccc(N2CCCn3c2nc2c3c(=O)n(CCc3ccccc3)c(=O)n2C)c1C. The highest BCUT2D eigenvalue weighted by Crippen LogP contribution is 2.33. The summed E-state index contributed by atoms with van der Waals surface area (Å²) in [4.78, 5) is 33.5. The Morgan fingerprint density at radius 1 is 0.969 bits per heavy atom. The number of aryl methyl sites for hydroxylation is 4. The third-order valence-corrected chi connectivity index (χ3v) is 6.55. The topological polar surface area (TPSA) is 65.1 Å². The van der Waals surface area contributed by atoms with Crippen molar-refractivity contribution in [1.82, 2.24) is 18.7 Å². The van der Waals surface area contributed by atoms with Crippen molar-refractivity contribution in [2.24, 2.45) is 7.05 Å². The first-order valence-electron chi connectivity index (χ1n) is 11.0. The molecule has 0 saturated heterocycles. The molecule has 0 amide bonds.